The van der Waals surface area contributed by atoms with Crippen molar-refractivity contribution in [2.45, 2.75) is 19.4 Å². The highest BCUT2D eigenvalue weighted by atomic mass is 32.2. The fourth-order valence-electron chi connectivity index (χ4n) is 1.42. The Balaban J connectivity index is 2.67. The standard InChI is InChI=1S/C12H18N4O4S/c1-2-21(19,20)16-9-5-3-8(4-6-9)15-12(18)10(13)7-11(14)17/h3-6,10,16H,2,7,13H2,1H3,(H2,14,17)(H,15,18). The smallest absolute Gasteiger partial charge is 0.241 e. The second kappa shape index (κ2) is 7.04. The molecule has 2 amide bonds. The molecule has 0 spiro atoms. The largest absolute Gasteiger partial charge is 0.370 e. The maximum Gasteiger partial charge on any atom is 0.241 e. The number of nitrogens with two attached hydrogens (primary N) is 2. The predicted molar refractivity (Wildman–Crippen MR) is 79.9 cm³/mol. The minimum Gasteiger partial charge on any atom is -0.370 e. The highest BCUT2D eigenvalue weighted by Gasteiger charge is 2.16. The van der Waals surface area contributed by atoms with E-state index in [0.29, 0.717) is 11.4 Å². The molecule has 0 aliphatic heterocycles. The molecule has 0 heterocycles. The number of hydrogen-bond acceptors (Lipinski definition) is 5. The summed E-state index contributed by atoms with van der Waals surface area (Å²) >= 11 is 0. The Morgan fingerprint density at radius 1 is 1.19 bits per heavy atom. The highest BCUT2D eigenvalue weighted by molar-refractivity contribution is 7.92. The van der Waals surface area contributed by atoms with Crippen molar-refractivity contribution in [2.24, 2.45) is 11.5 Å². The molecule has 6 N–H and O–H groups in total. The number of anilines is 2. The van der Waals surface area contributed by atoms with Crippen LogP contribution in [0.25, 0.3) is 0 Å². The summed E-state index contributed by atoms with van der Waals surface area (Å²) in [5, 5.41) is 2.50. The SMILES string of the molecule is CCS(=O)(=O)Nc1ccc(NC(=O)C(N)CC(N)=O)cc1. The topological polar surface area (TPSA) is 144 Å². The number of hydrogen-bond donors (Lipinski definition) is 4. The maximum atomic E-state index is 11.7. The van der Waals surface area contributed by atoms with Gasteiger partial charge >= 0.3 is 0 Å². The van der Waals surface area contributed by atoms with Crippen molar-refractivity contribution in [3.05, 3.63) is 24.3 Å². The van der Waals surface area contributed by atoms with Crippen LogP contribution in [-0.2, 0) is 19.6 Å². The van der Waals surface area contributed by atoms with Crippen molar-refractivity contribution in [1.29, 1.82) is 0 Å². The Morgan fingerprint density at radius 2 is 1.71 bits per heavy atom. The third-order valence-corrected chi connectivity index (χ3v) is 3.87. The van der Waals surface area contributed by atoms with E-state index < -0.39 is 27.9 Å². The maximum absolute atomic E-state index is 11.7. The average molecular weight is 314 g/mol. The van der Waals surface area contributed by atoms with Crippen molar-refractivity contribution in [1.82, 2.24) is 0 Å². The second-order valence-corrected chi connectivity index (χ2v) is 6.36. The molecular formula is C12H18N4O4S. The molecule has 0 fully saturated rings. The van der Waals surface area contributed by atoms with Crippen LogP contribution < -0.4 is 21.5 Å². The minimum atomic E-state index is -3.34. The molecule has 0 aromatic heterocycles. The third-order valence-electron chi connectivity index (χ3n) is 2.56. The van der Waals surface area contributed by atoms with Gasteiger partial charge in [0.2, 0.25) is 21.8 Å². The molecule has 0 aliphatic carbocycles. The van der Waals surface area contributed by atoms with Crippen LogP contribution >= 0.6 is 0 Å². The van der Waals surface area contributed by atoms with Crippen molar-refractivity contribution in [3.63, 3.8) is 0 Å². The second-order valence-electron chi connectivity index (χ2n) is 4.35. The molecule has 1 aromatic carbocycles. The molecule has 1 atom stereocenters. The third kappa shape index (κ3) is 5.79. The zero-order valence-corrected chi connectivity index (χ0v) is 12.3. The van der Waals surface area contributed by atoms with E-state index in [9.17, 15) is 18.0 Å². The number of nitrogens with one attached hydrogen (secondary N) is 2. The van der Waals surface area contributed by atoms with Crippen LogP contribution in [0.5, 0.6) is 0 Å². The summed E-state index contributed by atoms with van der Waals surface area (Å²) in [5.41, 5.74) is 11.3. The quantitative estimate of drug-likeness (QED) is 0.540. The normalized spacial score (nSPS) is 12.5. The highest BCUT2D eigenvalue weighted by Crippen LogP contribution is 2.15. The number of amides is 2. The molecule has 0 saturated carbocycles. The molecule has 0 bridgehead atoms. The predicted octanol–water partition coefficient (Wildman–Crippen LogP) is -0.411. The Morgan fingerprint density at radius 3 is 2.19 bits per heavy atom. The number of carbonyl (C=O) groups excluding carboxylic acids is 2. The van der Waals surface area contributed by atoms with Gasteiger partial charge in [0.25, 0.3) is 0 Å². The molecule has 8 nitrogen and oxygen atoms in total. The summed E-state index contributed by atoms with van der Waals surface area (Å²) in [7, 11) is -3.34. The number of sulfonamides is 1. The van der Waals surface area contributed by atoms with Crippen LogP contribution in [0.2, 0.25) is 0 Å². The number of primary amides is 1. The molecule has 0 saturated heterocycles. The first-order valence-corrected chi connectivity index (χ1v) is 7.84. The lowest BCUT2D eigenvalue weighted by Crippen LogP contribution is -2.38. The van der Waals surface area contributed by atoms with E-state index >= 15 is 0 Å². The number of benzene rings is 1. The van der Waals surface area contributed by atoms with E-state index in [1.165, 1.54) is 31.2 Å². The number of rotatable bonds is 7. The van der Waals surface area contributed by atoms with Gasteiger partial charge in [0.1, 0.15) is 0 Å². The van der Waals surface area contributed by atoms with Crippen LogP contribution in [0.4, 0.5) is 11.4 Å². The van der Waals surface area contributed by atoms with Gasteiger partial charge < -0.3 is 16.8 Å². The first-order valence-electron chi connectivity index (χ1n) is 6.19. The molecule has 1 aromatic rings. The zero-order valence-electron chi connectivity index (χ0n) is 11.5. The van der Waals surface area contributed by atoms with E-state index in [-0.39, 0.29) is 12.2 Å². The van der Waals surface area contributed by atoms with Crippen LogP contribution in [0, 0.1) is 0 Å². The fraction of sp³-hybridized carbons (Fsp3) is 0.333. The summed E-state index contributed by atoms with van der Waals surface area (Å²) in [6, 6.07) is 5.01. The lowest BCUT2D eigenvalue weighted by Gasteiger charge is -2.11. The lowest BCUT2D eigenvalue weighted by molar-refractivity contribution is -0.123. The van der Waals surface area contributed by atoms with Crippen LogP contribution in [0.3, 0.4) is 0 Å². The van der Waals surface area contributed by atoms with Gasteiger partial charge in [-0.1, -0.05) is 0 Å². The van der Waals surface area contributed by atoms with Crippen molar-refractivity contribution < 1.29 is 18.0 Å². The molecule has 0 radical (unpaired) electrons. The van der Waals surface area contributed by atoms with Gasteiger partial charge in [0.05, 0.1) is 18.2 Å². The van der Waals surface area contributed by atoms with Crippen molar-refractivity contribution in [2.75, 3.05) is 15.8 Å². The summed E-state index contributed by atoms with van der Waals surface area (Å²) < 4.78 is 25.1. The molecule has 21 heavy (non-hydrogen) atoms. The minimum absolute atomic E-state index is 0.0343. The van der Waals surface area contributed by atoms with Gasteiger partial charge in [-0.25, -0.2) is 8.42 Å². The molecule has 0 aliphatic rings. The van der Waals surface area contributed by atoms with Gasteiger partial charge in [0.15, 0.2) is 0 Å². The first-order chi connectivity index (χ1) is 9.73. The Bertz CT molecular complexity index is 613. The van der Waals surface area contributed by atoms with E-state index in [2.05, 4.69) is 10.0 Å². The van der Waals surface area contributed by atoms with Crippen LogP contribution in [-0.4, -0.2) is 32.0 Å². The molecule has 9 heteroatoms. The van der Waals surface area contributed by atoms with Crippen molar-refractivity contribution in [3.8, 4) is 0 Å². The number of carbonyl (C=O) groups is 2. The van der Waals surface area contributed by atoms with Crippen molar-refractivity contribution >= 4 is 33.2 Å². The van der Waals surface area contributed by atoms with E-state index in [1.807, 2.05) is 0 Å². The zero-order chi connectivity index (χ0) is 16.0. The van der Waals surface area contributed by atoms with E-state index in [0.717, 1.165) is 0 Å². The monoisotopic (exact) mass is 314 g/mol. The van der Waals surface area contributed by atoms with Gasteiger partial charge in [0, 0.05) is 11.4 Å². The summed E-state index contributed by atoms with van der Waals surface area (Å²) in [5.74, 6) is -1.24. The first kappa shape index (κ1) is 16.9. The Hall–Kier alpha value is -2.13. The fourth-order valence-corrected chi connectivity index (χ4v) is 2.06. The molecule has 1 unspecified atom stereocenters. The summed E-state index contributed by atoms with van der Waals surface area (Å²) in [6.07, 6.45) is -0.250. The Labute approximate surface area is 122 Å². The van der Waals surface area contributed by atoms with Crippen LogP contribution in [0.15, 0.2) is 24.3 Å². The van der Waals surface area contributed by atoms with E-state index in [1.54, 1.807) is 0 Å². The average Bonchev–Trinajstić information content (AvgIpc) is 2.40. The molecule has 116 valence electrons. The summed E-state index contributed by atoms with van der Waals surface area (Å²) in [4.78, 5) is 22.3. The van der Waals surface area contributed by atoms with Gasteiger partial charge in [-0.15, -0.1) is 0 Å². The van der Waals surface area contributed by atoms with Crippen LogP contribution in [0.1, 0.15) is 13.3 Å². The van der Waals surface area contributed by atoms with Gasteiger partial charge in [-0.05, 0) is 31.2 Å². The van der Waals surface area contributed by atoms with Gasteiger partial charge in [-0.3, -0.25) is 14.3 Å². The Kier molecular flexibility index (Phi) is 5.68. The molecule has 1 rings (SSSR count). The van der Waals surface area contributed by atoms with E-state index in [4.69, 9.17) is 11.5 Å². The summed E-state index contributed by atoms with van der Waals surface area (Å²) in [6.45, 7) is 1.52. The van der Waals surface area contributed by atoms with Gasteiger partial charge in [-0.2, -0.15) is 0 Å². The lowest BCUT2D eigenvalue weighted by atomic mass is 10.2. The molecular weight excluding hydrogens is 296 g/mol.